The van der Waals surface area contributed by atoms with Gasteiger partial charge in [-0.05, 0) is 37.6 Å². The number of nitrogens with zero attached hydrogens (tertiary/aromatic N) is 1. The van der Waals surface area contributed by atoms with E-state index in [0.29, 0.717) is 18.0 Å². The predicted octanol–water partition coefficient (Wildman–Crippen LogP) is 2.52. The molecule has 1 saturated heterocycles. The summed E-state index contributed by atoms with van der Waals surface area (Å²) in [7, 11) is 0. The van der Waals surface area contributed by atoms with Crippen LogP contribution in [0.5, 0.6) is 0 Å². The maximum atomic E-state index is 11.9. The number of hydrogen-bond acceptors (Lipinski definition) is 3. The van der Waals surface area contributed by atoms with Gasteiger partial charge in [0, 0.05) is 29.7 Å². The van der Waals surface area contributed by atoms with E-state index in [1.54, 1.807) is 12.1 Å². The van der Waals surface area contributed by atoms with Crippen molar-refractivity contribution in [2.45, 2.75) is 31.7 Å². The largest absolute Gasteiger partial charge is 0.395 e. The molecule has 1 heterocycles. The van der Waals surface area contributed by atoms with Gasteiger partial charge in [0.25, 0.3) is 0 Å². The van der Waals surface area contributed by atoms with Crippen molar-refractivity contribution in [1.82, 2.24) is 4.90 Å². The second-order valence-corrected chi connectivity index (χ2v) is 5.61. The summed E-state index contributed by atoms with van der Waals surface area (Å²) in [6.45, 7) is 1.84. The number of rotatable bonds is 5. The Labute approximate surface area is 124 Å². The standard InChI is InChI=1S/C15H21ClN2O2/c16-12-4-3-5-13(10-12)17-15(20)7-9-18-8-2-1-6-14(18)11-19/h3-5,10,14,19H,1-2,6-9,11H2,(H,17,20). The minimum Gasteiger partial charge on any atom is -0.395 e. The molecule has 0 saturated carbocycles. The number of piperidine rings is 1. The molecule has 20 heavy (non-hydrogen) atoms. The maximum Gasteiger partial charge on any atom is 0.225 e. The number of anilines is 1. The van der Waals surface area contributed by atoms with Gasteiger partial charge in [-0.15, -0.1) is 0 Å². The number of nitrogens with one attached hydrogen (secondary N) is 1. The van der Waals surface area contributed by atoms with Crippen LogP contribution in [-0.2, 0) is 4.79 Å². The summed E-state index contributed by atoms with van der Waals surface area (Å²) < 4.78 is 0. The van der Waals surface area contributed by atoms with Gasteiger partial charge in [0.05, 0.1) is 6.61 Å². The lowest BCUT2D eigenvalue weighted by Gasteiger charge is -2.34. The van der Waals surface area contributed by atoms with Gasteiger partial charge in [0.1, 0.15) is 0 Å². The zero-order chi connectivity index (χ0) is 14.4. The molecule has 1 fully saturated rings. The molecule has 0 spiro atoms. The fourth-order valence-electron chi connectivity index (χ4n) is 2.60. The molecule has 4 nitrogen and oxygen atoms in total. The Balaban J connectivity index is 1.79. The highest BCUT2D eigenvalue weighted by Crippen LogP contribution is 2.18. The molecule has 2 N–H and O–H groups in total. The van der Waals surface area contributed by atoms with Crippen LogP contribution in [0.4, 0.5) is 5.69 Å². The number of hydrogen-bond donors (Lipinski definition) is 2. The molecular formula is C15H21ClN2O2. The smallest absolute Gasteiger partial charge is 0.225 e. The van der Waals surface area contributed by atoms with Crippen LogP contribution in [0.15, 0.2) is 24.3 Å². The Morgan fingerprint density at radius 3 is 3.05 bits per heavy atom. The molecule has 1 unspecified atom stereocenters. The summed E-state index contributed by atoms with van der Waals surface area (Å²) in [4.78, 5) is 14.1. The van der Waals surface area contributed by atoms with E-state index < -0.39 is 0 Å². The number of amides is 1. The van der Waals surface area contributed by atoms with Crippen LogP contribution in [0.25, 0.3) is 0 Å². The van der Waals surface area contributed by atoms with Crippen molar-refractivity contribution >= 4 is 23.2 Å². The van der Waals surface area contributed by atoms with Gasteiger partial charge in [-0.3, -0.25) is 9.69 Å². The van der Waals surface area contributed by atoms with Crippen LogP contribution in [-0.4, -0.2) is 41.7 Å². The second kappa shape index (κ2) is 7.62. The lowest BCUT2D eigenvalue weighted by molar-refractivity contribution is -0.116. The van der Waals surface area contributed by atoms with Crippen molar-refractivity contribution in [3.8, 4) is 0 Å². The molecule has 1 aliphatic rings. The van der Waals surface area contributed by atoms with E-state index in [1.807, 2.05) is 12.1 Å². The van der Waals surface area contributed by atoms with Crippen molar-refractivity contribution < 1.29 is 9.90 Å². The number of halogens is 1. The van der Waals surface area contributed by atoms with Crippen molar-refractivity contribution in [1.29, 1.82) is 0 Å². The van der Waals surface area contributed by atoms with Crippen molar-refractivity contribution in [3.63, 3.8) is 0 Å². The predicted molar refractivity (Wildman–Crippen MR) is 81.0 cm³/mol. The first kappa shape index (κ1) is 15.3. The summed E-state index contributed by atoms with van der Waals surface area (Å²) in [5.41, 5.74) is 0.722. The Morgan fingerprint density at radius 2 is 2.30 bits per heavy atom. The molecule has 1 aromatic carbocycles. The van der Waals surface area contributed by atoms with E-state index in [0.717, 1.165) is 31.5 Å². The number of aliphatic hydroxyl groups is 1. The van der Waals surface area contributed by atoms with Crippen molar-refractivity contribution in [2.24, 2.45) is 0 Å². The summed E-state index contributed by atoms with van der Waals surface area (Å²) in [5.74, 6) is -0.0190. The third kappa shape index (κ3) is 4.47. The van der Waals surface area contributed by atoms with E-state index in [9.17, 15) is 9.90 Å². The summed E-state index contributed by atoms with van der Waals surface area (Å²) in [6.07, 6.45) is 3.76. The normalized spacial score (nSPS) is 19.8. The monoisotopic (exact) mass is 296 g/mol. The average Bonchev–Trinajstić information content (AvgIpc) is 2.45. The van der Waals surface area contributed by atoms with Gasteiger partial charge in [-0.2, -0.15) is 0 Å². The van der Waals surface area contributed by atoms with Crippen LogP contribution in [0.3, 0.4) is 0 Å². The van der Waals surface area contributed by atoms with Crippen LogP contribution < -0.4 is 5.32 Å². The van der Waals surface area contributed by atoms with E-state index in [2.05, 4.69) is 10.2 Å². The molecule has 2 rings (SSSR count). The van der Waals surface area contributed by atoms with Gasteiger partial charge >= 0.3 is 0 Å². The third-order valence-electron chi connectivity index (χ3n) is 3.69. The molecule has 110 valence electrons. The highest BCUT2D eigenvalue weighted by molar-refractivity contribution is 6.30. The lowest BCUT2D eigenvalue weighted by Crippen LogP contribution is -2.43. The average molecular weight is 297 g/mol. The minimum absolute atomic E-state index is 0.0190. The highest BCUT2D eigenvalue weighted by atomic mass is 35.5. The number of benzene rings is 1. The molecule has 5 heteroatoms. The first-order valence-electron chi connectivity index (χ1n) is 7.09. The number of carbonyl (C=O) groups excluding carboxylic acids is 1. The summed E-state index contributed by atoms with van der Waals surface area (Å²) >= 11 is 5.88. The van der Waals surface area contributed by atoms with Crippen molar-refractivity contribution in [2.75, 3.05) is 25.0 Å². The first-order chi connectivity index (χ1) is 9.69. The molecule has 0 bridgehead atoms. The van der Waals surface area contributed by atoms with Gasteiger partial charge in [-0.1, -0.05) is 24.1 Å². The molecular weight excluding hydrogens is 276 g/mol. The number of aliphatic hydroxyl groups excluding tert-OH is 1. The maximum absolute atomic E-state index is 11.9. The highest BCUT2D eigenvalue weighted by Gasteiger charge is 2.21. The minimum atomic E-state index is -0.0190. The van der Waals surface area contributed by atoms with Gasteiger partial charge in [-0.25, -0.2) is 0 Å². The Bertz CT molecular complexity index is 453. The van der Waals surface area contributed by atoms with E-state index >= 15 is 0 Å². The second-order valence-electron chi connectivity index (χ2n) is 5.18. The molecule has 1 amide bonds. The quantitative estimate of drug-likeness (QED) is 0.878. The lowest BCUT2D eigenvalue weighted by atomic mass is 10.0. The van der Waals surface area contributed by atoms with Crippen molar-refractivity contribution in [3.05, 3.63) is 29.3 Å². The van der Waals surface area contributed by atoms with Gasteiger partial charge < -0.3 is 10.4 Å². The SMILES string of the molecule is O=C(CCN1CCCCC1CO)Nc1cccc(Cl)c1. The number of carbonyl (C=O) groups is 1. The fraction of sp³-hybridized carbons (Fsp3) is 0.533. The topological polar surface area (TPSA) is 52.6 Å². The molecule has 0 aromatic heterocycles. The van der Waals surface area contributed by atoms with Crippen LogP contribution in [0, 0.1) is 0 Å². The zero-order valence-electron chi connectivity index (χ0n) is 11.5. The molecule has 1 aliphatic heterocycles. The van der Waals surface area contributed by atoms with Crippen LogP contribution in [0.1, 0.15) is 25.7 Å². The Hall–Kier alpha value is -1.10. The van der Waals surface area contributed by atoms with E-state index in [4.69, 9.17) is 11.6 Å². The van der Waals surface area contributed by atoms with Crippen LogP contribution >= 0.6 is 11.6 Å². The van der Waals surface area contributed by atoms with Gasteiger partial charge in [0.15, 0.2) is 0 Å². The van der Waals surface area contributed by atoms with Gasteiger partial charge in [0.2, 0.25) is 5.91 Å². The zero-order valence-corrected chi connectivity index (χ0v) is 12.3. The Kier molecular flexibility index (Phi) is 5.83. The van der Waals surface area contributed by atoms with E-state index in [1.165, 1.54) is 0 Å². The molecule has 1 atom stereocenters. The van der Waals surface area contributed by atoms with Crippen LogP contribution in [0.2, 0.25) is 5.02 Å². The molecule has 0 radical (unpaired) electrons. The molecule has 1 aromatic rings. The summed E-state index contributed by atoms with van der Waals surface area (Å²) in [6, 6.07) is 7.35. The first-order valence-corrected chi connectivity index (χ1v) is 7.47. The third-order valence-corrected chi connectivity index (χ3v) is 3.93. The Morgan fingerprint density at radius 1 is 1.45 bits per heavy atom. The molecule has 0 aliphatic carbocycles. The fourth-order valence-corrected chi connectivity index (χ4v) is 2.79. The summed E-state index contributed by atoms with van der Waals surface area (Å²) in [5, 5.41) is 12.8. The number of likely N-dealkylation sites (tertiary alicyclic amines) is 1. The van der Waals surface area contributed by atoms with E-state index in [-0.39, 0.29) is 18.6 Å².